The molecule has 0 aliphatic rings. The van der Waals surface area contributed by atoms with Crippen molar-refractivity contribution < 1.29 is 18.6 Å². The standard InChI is InChI=1S/C20H25F2N3O2.HI/c1-3-23-20(25(2)13-15-4-6-16(21)7-5-15)24-12-18(26)14-27-19-10-8-17(22)9-11-19;/h4-11,18,26H,3,12-14H2,1-2H3,(H,23,24);1H. The second kappa shape index (κ2) is 12.5. The van der Waals surface area contributed by atoms with E-state index in [9.17, 15) is 13.9 Å². The Morgan fingerprint density at radius 2 is 1.68 bits per heavy atom. The van der Waals surface area contributed by atoms with Gasteiger partial charge in [-0.15, -0.1) is 24.0 Å². The molecule has 2 aromatic rings. The highest BCUT2D eigenvalue weighted by atomic mass is 127. The van der Waals surface area contributed by atoms with E-state index in [1.807, 2.05) is 18.9 Å². The molecule has 0 saturated heterocycles. The van der Waals surface area contributed by atoms with Crippen LogP contribution >= 0.6 is 24.0 Å². The first kappa shape index (κ1) is 24.1. The monoisotopic (exact) mass is 505 g/mol. The summed E-state index contributed by atoms with van der Waals surface area (Å²) in [4.78, 5) is 6.31. The summed E-state index contributed by atoms with van der Waals surface area (Å²) in [6, 6.07) is 11.9. The molecule has 0 bridgehead atoms. The minimum atomic E-state index is -0.803. The molecule has 1 unspecified atom stereocenters. The molecule has 5 nitrogen and oxygen atoms in total. The maximum absolute atomic E-state index is 13.0. The summed E-state index contributed by atoms with van der Waals surface area (Å²) in [7, 11) is 1.87. The van der Waals surface area contributed by atoms with Gasteiger partial charge in [-0.1, -0.05) is 12.1 Å². The van der Waals surface area contributed by atoms with Gasteiger partial charge in [-0.2, -0.15) is 0 Å². The van der Waals surface area contributed by atoms with Gasteiger partial charge in [0.1, 0.15) is 30.1 Å². The maximum atomic E-state index is 13.0. The van der Waals surface area contributed by atoms with E-state index in [-0.39, 0.29) is 48.8 Å². The van der Waals surface area contributed by atoms with Crippen LogP contribution < -0.4 is 10.1 Å². The highest BCUT2D eigenvalue weighted by Crippen LogP contribution is 2.11. The van der Waals surface area contributed by atoms with E-state index in [1.54, 1.807) is 12.1 Å². The van der Waals surface area contributed by atoms with Crippen molar-refractivity contribution in [3.63, 3.8) is 0 Å². The summed E-state index contributed by atoms with van der Waals surface area (Å²) >= 11 is 0. The quantitative estimate of drug-likeness (QED) is 0.328. The van der Waals surface area contributed by atoms with E-state index in [0.29, 0.717) is 24.8 Å². The lowest BCUT2D eigenvalue weighted by molar-refractivity contribution is 0.114. The summed E-state index contributed by atoms with van der Waals surface area (Å²) in [5.41, 5.74) is 0.949. The number of rotatable bonds is 8. The topological polar surface area (TPSA) is 57.1 Å². The van der Waals surface area contributed by atoms with E-state index >= 15 is 0 Å². The Kier molecular flexibility index (Phi) is 10.8. The van der Waals surface area contributed by atoms with Gasteiger partial charge in [0.05, 0.1) is 6.54 Å². The molecule has 2 N–H and O–H groups in total. The van der Waals surface area contributed by atoms with E-state index in [0.717, 1.165) is 5.56 Å². The SMILES string of the molecule is CCNC(=NCC(O)COc1ccc(F)cc1)N(C)Cc1ccc(F)cc1.I. The zero-order valence-electron chi connectivity index (χ0n) is 15.9. The molecule has 0 aromatic heterocycles. The average Bonchev–Trinajstić information content (AvgIpc) is 2.66. The van der Waals surface area contributed by atoms with Gasteiger partial charge in [0.2, 0.25) is 0 Å². The molecule has 0 aliphatic heterocycles. The maximum Gasteiger partial charge on any atom is 0.194 e. The van der Waals surface area contributed by atoms with E-state index in [1.165, 1.54) is 36.4 Å². The number of aliphatic hydroxyl groups is 1. The highest BCUT2D eigenvalue weighted by Gasteiger charge is 2.10. The van der Waals surface area contributed by atoms with E-state index in [2.05, 4.69) is 10.3 Å². The number of hydrogen-bond donors (Lipinski definition) is 2. The van der Waals surface area contributed by atoms with Crippen molar-refractivity contribution >= 4 is 29.9 Å². The minimum absolute atomic E-state index is 0. The van der Waals surface area contributed by atoms with Gasteiger partial charge in [-0.3, -0.25) is 4.99 Å². The zero-order valence-corrected chi connectivity index (χ0v) is 18.3. The Labute approximate surface area is 181 Å². The first-order chi connectivity index (χ1) is 13.0. The predicted octanol–water partition coefficient (Wildman–Crippen LogP) is 3.42. The Morgan fingerprint density at radius 3 is 2.25 bits per heavy atom. The molecule has 154 valence electrons. The molecule has 0 saturated carbocycles. The molecule has 1 atom stereocenters. The molecule has 0 fully saturated rings. The Morgan fingerprint density at radius 1 is 1.11 bits per heavy atom. The summed E-state index contributed by atoms with van der Waals surface area (Å²) in [5, 5.41) is 13.2. The molecule has 28 heavy (non-hydrogen) atoms. The van der Waals surface area contributed by atoms with Crippen LogP contribution in [0.4, 0.5) is 8.78 Å². The van der Waals surface area contributed by atoms with E-state index in [4.69, 9.17) is 4.74 Å². The Bertz CT molecular complexity index is 727. The van der Waals surface area contributed by atoms with Gasteiger partial charge in [-0.25, -0.2) is 8.78 Å². The first-order valence-corrected chi connectivity index (χ1v) is 8.78. The van der Waals surface area contributed by atoms with Crippen molar-refractivity contribution in [3.05, 3.63) is 65.7 Å². The van der Waals surface area contributed by atoms with Crippen molar-refractivity contribution in [1.29, 1.82) is 0 Å². The van der Waals surface area contributed by atoms with Crippen LogP contribution in [0.15, 0.2) is 53.5 Å². The molecule has 8 heteroatoms. The van der Waals surface area contributed by atoms with Gasteiger partial charge < -0.3 is 20.1 Å². The van der Waals surface area contributed by atoms with Crippen molar-refractivity contribution in [3.8, 4) is 5.75 Å². The largest absolute Gasteiger partial charge is 0.491 e. The number of nitrogens with zero attached hydrogens (tertiary/aromatic N) is 2. The third-order valence-electron chi connectivity index (χ3n) is 3.74. The molecule has 0 spiro atoms. The van der Waals surface area contributed by atoms with Crippen molar-refractivity contribution in [2.45, 2.75) is 19.6 Å². The minimum Gasteiger partial charge on any atom is -0.491 e. The lowest BCUT2D eigenvalue weighted by atomic mass is 10.2. The van der Waals surface area contributed by atoms with Crippen LogP contribution in [0.3, 0.4) is 0 Å². The van der Waals surface area contributed by atoms with E-state index < -0.39 is 6.10 Å². The van der Waals surface area contributed by atoms with Gasteiger partial charge >= 0.3 is 0 Å². The van der Waals surface area contributed by atoms with Crippen LogP contribution in [0.25, 0.3) is 0 Å². The highest BCUT2D eigenvalue weighted by molar-refractivity contribution is 14.0. The number of ether oxygens (including phenoxy) is 1. The molecule has 0 aliphatic carbocycles. The van der Waals surface area contributed by atoms with Gasteiger partial charge in [0, 0.05) is 20.1 Å². The Balaban J connectivity index is 0.00000392. The number of hydrogen-bond acceptors (Lipinski definition) is 3. The first-order valence-electron chi connectivity index (χ1n) is 8.78. The van der Waals surface area contributed by atoms with Gasteiger partial charge in [0.15, 0.2) is 5.96 Å². The molecule has 2 rings (SSSR count). The number of aliphatic hydroxyl groups excluding tert-OH is 1. The van der Waals surface area contributed by atoms with Crippen LogP contribution in [0, 0.1) is 11.6 Å². The summed E-state index contributed by atoms with van der Waals surface area (Å²) in [6.07, 6.45) is -0.803. The van der Waals surface area contributed by atoms with Crippen LogP contribution in [0.2, 0.25) is 0 Å². The molecule has 0 amide bonds. The normalized spacial score (nSPS) is 12.1. The van der Waals surface area contributed by atoms with Crippen molar-refractivity contribution in [1.82, 2.24) is 10.2 Å². The lowest BCUT2D eigenvalue weighted by Gasteiger charge is -2.22. The molecule has 0 heterocycles. The number of guanidine groups is 1. The van der Waals surface area contributed by atoms with Gasteiger partial charge in [0.25, 0.3) is 0 Å². The molecule has 2 aromatic carbocycles. The zero-order chi connectivity index (χ0) is 19.6. The third kappa shape index (κ3) is 8.39. The number of benzene rings is 2. The summed E-state index contributed by atoms with van der Waals surface area (Å²) < 4.78 is 31.3. The molecule has 0 radical (unpaired) electrons. The number of halogens is 3. The van der Waals surface area contributed by atoms with Crippen molar-refractivity contribution in [2.24, 2.45) is 4.99 Å². The molecular weight excluding hydrogens is 479 g/mol. The van der Waals surface area contributed by atoms with Crippen molar-refractivity contribution in [2.75, 3.05) is 26.7 Å². The predicted molar refractivity (Wildman–Crippen MR) is 117 cm³/mol. The van der Waals surface area contributed by atoms with Crippen LogP contribution in [-0.4, -0.2) is 48.8 Å². The molecular formula is C20H26F2IN3O2. The fourth-order valence-corrected chi connectivity index (χ4v) is 2.38. The fourth-order valence-electron chi connectivity index (χ4n) is 2.38. The average molecular weight is 505 g/mol. The number of aliphatic imine (C=N–C) groups is 1. The summed E-state index contributed by atoms with van der Waals surface area (Å²) in [6.45, 7) is 3.38. The third-order valence-corrected chi connectivity index (χ3v) is 3.74. The fraction of sp³-hybridized carbons (Fsp3) is 0.350. The number of nitrogens with one attached hydrogen (secondary N) is 1. The second-order valence-electron chi connectivity index (χ2n) is 6.10. The summed E-state index contributed by atoms with van der Waals surface area (Å²) in [5.74, 6) is 0.501. The van der Waals surface area contributed by atoms with Crippen LogP contribution in [-0.2, 0) is 6.54 Å². The smallest absolute Gasteiger partial charge is 0.194 e. The second-order valence-corrected chi connectivity index (χ2v) is 6.10. The lowest BCUT2D eigenvalue weighted by Crippen LogP contribution is -2.39. The van der Waals surface area contributed by atoms with Crippen LogP contribution in [0.5, 0.6) is 5.75 Å². The van der Waals surface area contributed by atoms with Crippen LogP contribution in [0.1, 0.15) is 12.5 Å². The van der Waals surface area contributed by atoms with Gasteiger partial charge in [-0.05, 0) is 48.9 Å². The Hall–Kier alpha value is -1.94.